The van der Waals surface area contributed by atoms with Gasteiger partial charge in [-0.25, -0.2) is 18.4 Å². The lowest BCUT2D eigenvalue weighted by atomic mass is 10.2. The quantitative estimate of drug-likeness (QED) is 0.397. The number of esters is 1. The Morgan fingerprint density at radius 3 is 2.41 bits per heavy atom. The van der Waals surface area contributed by atoms with E-state index in [4.69, 9.17) is 9.47 Å². The summed E-state index contributed by atoms with van der Waals surface area (Å²) in [6, 6.07) is 16.6. The fraction of sp³-hybridized carbons (Fsp3) is 0.217. The van der Waals surface area contributed by atoms with Crippen LogP contribution in [0.25, 0.3) is 0 Å². The van der Waals surface area contributed by atoms with Gasteiger partial charge in [0.15, 0.2) is 0 Å². The number of nitrogens with one attached hydrogen (secondary N) is 2. The van der Waals surface area contributed by atoms with Crippen molar-refractivity contribution in [3.8, 4) is 5.88 Å². The zero-order valence-corrected chi connectivity index (χ0v) is 19.2. The molecule has 1 heterocycles. The molecule has 0 atom stereocenters. The van der Waals surface area contributed by atoms with Gasteiger partial charge in [0.1, 0.15) is 12.1 Å². The van der Waals surface area contributed by atoms with E-state index in [0.29, 0.717) is 12.1 Å². The van der Waals surface area contributed by atoms with Gasteiger partial charge in [-0.3, -0.25) is 14.3 Å². The molecule has 34 heavy (non-hydrogen) atoms. The summed E-state index contributed by atoms with van der Waals surface area (Å²) in [6.07, 6.45) is 1.67. The second kappa shape index (κ2) is 11.8. The van der Waals surface area contributed by atoms with Gasteiger partial charge in [0.05, 0.1) is 25.0 Å². The van der Waals surface area contributed by atoms with Crippen molar-refractivity contribution in [2.75, 3.05) is 23.8 Å². The number of anilines is 2. The summed E-state index contributed by atoms with van der Waals surface area (Å²) >= 11 is 0. The summed E-state index contributed by atoms with van der Waals surface area (Å²) in [4.78, 5) is 31.6. The van der Waals surface area contributed by atoms with Gasteiger partial charge in [-0.2, -0.15) is 0 Å². The number of carbonyl (C=O) groups excluding carboxylic acids is 2. The fourth-order valence-electron chi connectivity index (χ4n) is 2.86. The van der Waals surface area contributed by atoms with Crippen molar-refractivity contribution in [1.29, 1.82) is 0 Å². The number of hydrogen-bond donors (Lipinski definition) is 2. The average molecular weight is 485 g/mol. The summed E-state index contributed by atoms with van der Waals surface area (Å²) in [6.45, 7) is 0.246. The molecule has 0 aliphatic heterocycles. The van der Waals surface area contributed by atoms with Crippen LogP contribution >= 0.6 is 0 Å². The van der Waals surface area contributed by atoms with E-state index >= 15 is 0 Å². The first kappa shape index (κ1) is 24.6. The van der Waals surface area contributed by atoms with E-state index in [2.05, 4.69) is 20.0 Å². The molecule has 0 spiro atoms. The molecule has 0 fully saturated rings. The van der Waals surface area contributed by atoms with Crippen LogP contribution < -0.4 is 14.8 Å². The zero-order valence-electron chi connectivity index (χ0n) is 18.4. The highest BCUT2D eigenvalue weighted by molar-refractivity contribution is 7.92. The highest BCUT2D eigenvalue weighted by Crippen LogP contribution is 2.19. The third-order valence-corrected chi connectivity index (χ3v) is 5.96. The number of nitrogens with zero attached hydrogens (tertiary/aromatic N) is 2. The van der Waals surface area contributed by atoms with E-state index in [1.165, 1.54) is 43.8 Å². The molecule has 3 aromatic rings. The Labute approximate surface area is 197 Å². The Morgan fingerprint density at radius 1 is 0.971 bits per heavy atom. The van der Waals surface area contributed by atoms with Crippen molar-refractivity contribution in [3.05, 3.63) is 72.6 Å². The predicted molar refractivity (Wildman–Crippen MR) is 125 cm³/mol. The third kappa shape index (κ3) is 7.55. The number of hydrogen-bond acceptors (Lipinski definition) is 8. The Hall–Kier alpha value is -3.99. The van der Waals surface area contributed by atoms with Gasteiger partial charge in [0, 0.05) is 24.6 Å². The van der Waals surface area contributed by atoms with Crippen molar-refractivity contribution in [3.63, 3.8) is 0 Å². The number of amides is 1. The third-order valence-electron chi connectivity index (χ3n) is 4.59. The van der Waals surface area contributed by atoms with E-state index in [1.807, 2.05) is 30.3 Å². The number of ether oxygens (including phenoxy) is 2. The van der Waals surface area contributed by atoms with Crippen LogP contribution in [0.1, 0.15) is 18.4 Å². The standard InChI is InChI=1S/C23H24N4O6S/c1-32-22-15-20(24-16-25-22)27-34(30,31)19-9-7-18(8-10-19)26-21(28)11-12-23(29)33-14-13-17-5-3-2-4-6-17/h2-10,15-16H,11-14H2,1H3,(H,26,28)(H,24,25,27). The van der Waals surface area contributed by atoms with Crippen molar-refractivity contribution >= 4 is 33.4 Å². The number of sulfonamides is 1. The molecule has 0 saturated carbocycles. The second-order valence-corrected chi connectivity index (χ2v) is 8.76. The molecule has 0 saturated heterocycles. The van der Waals surface area contributed by atoms with Gasteiger partial charge in [0.25, 0.3) is 10.0 Å². The topological polar surface area (TPSA) is 137 Å². The molecule has 0 bridgehead atoms. The molecule has 1 aromatic heterocycles. The summed E-state index contributed by atoms with van der Waals surface area (Å²) in [5.74, 6) is -0.576. The normalized spacial score (nSPS) is 10.9. The lowest BCUT2D eigenvalue weighted by molar-refractivity contribution is -0.144. The number of aromatic nitrogens is 2. The maximum atomic E-state index is 12.5. The van der Waals surface area contributed by atoms with E-state index in [9.17, 15) is 18.0 Å². The minimum absolute atomic E-state index is 0.0231. The molecule has 0 radical (unpaired) electrons. The van der Waals surface area contributed by atoms with Crippen molar-refractivity contribution in [2.24, 2.45) is 0 Å². The Balaban J connectivity index is 1.45. The molecule has 1 amide bonds. The van der Waals surface area contributed by atoms with Crippen LogP contribution in [0, 0.1) is 0 Å². The van der Waals surface area contributed by atoms with Gasteiger partial charge >= 0.3 is 5.97 Å². The molecule has 2 N–H and O–H groups in total. The average Bonchev–Trinajstić information content (AvgIpc) is 2.83. The first-order valence-electron chi connectivity index (χ1n) is 10.3. The summed E-state index contributed by atoms with van der Waals surface area (Å²) in [5, 5.41) is 2.62. The summed E-state index contributed by atoms with van der Waals surface area (Å²) in [5.41, 5.74) is 1.45. The molecule has 0 unspecified atom stereocenters. The SMILES string of the molecule is COc1cc(NS(=O)(=O)c2ccc(NC(=O)CCC(=O)OCCc3ccccc3)cc2)ncn1. The van der Waals surface area contributed by atoms with Crippen LogP contribution in [0.2, 0.25) is 0 Å². The van der Waals surface area contributed by atoms with Crippen LogP contribution in [0.5, 0.6) is 5.88 Å². The summed E-state index contributed by atoms with van der Waals surface area (Å²) < 4.78 is 37.5. The smallest absolute Gasteiger partial charge is 0.306 e. The Kier molecular flexibility index (Phi) is 8.52. The molecule has 178 valence electrons. The fourth-order valence-corrected chi connectivity index (χ4v) is 3.86. The van der Waals surface area contributed by atoms with Gasteiger partial charge in [-0.15, -0.1) is 0 Å². The molecule has 3 rings (SSSR count). The van der Waals surface area contributed by atoms with Crippen molar-refractivity contribution in [1.82, 2.24) is 9.97 Å². The molecule has 11 heteroatoms. The van der Waals surface area contributed by atoms with Gasteiger partial charge in [-0.1, -0.05) is 30.3 Å². The minimum atomic E-state index is -3.90. The first-order valence-corrected chi connectivity index (χ1v) is 11.8. The Bertz CT molecular complexity index is 1220. The summed E-state index contributed by atoms with van der Waals surface area (Å²) in [7, 11) is -2.50. The van der Waals surface area contributed by atoms with E-state index in [1.54, 1.807) is 0 Å². The van der Waals surface area contributed by atoms with Crippen LogP contribution in [-0.2, 0) is 30.8 Å². The molecular formula is C23H24N4O6S. The van der Waals surface area contributed by atoms with Crippen molar-refractivity contribution < 1.29 is 27.5 Å². The maximum Gasteiger partial charge on any atom is 0.306 e. The van der Waals surface area contributed by atoms with Gasteiger partial charge < -0.3 is 14.8 Å². The molecule has 10 nitrogen and oxygen atoms in total. The van der Waals surface area contributed by atoms with E-state index < -0.39 is 16.0 Å². The predicted octanol–water partition coefficient (Wildman–Crippen LogP) is 2.79. The highest BCUT2D eigenvalue weighted by Gasteiger charge is 2.16. The molecule has 2 aromatic carbocycles. The minimum Gasteiger partial charge on any atom is -0.481 e. The van der Waals surface area contributed by atoms with Gasteiger partial charge in [-0.05, 0) is 29.8 Å². The maximum absolute atomic E-state index is 12.5. The number of carbonyl (C=O) groups is 2. The molecular weight excluding hydrogens is 460 g/mol. The van der Waals surface area contributed by atoms with Crippen LogP contribution in [-0.4, -0.2) is 44.0 Å². The monoisotopic (exact) mass is 484 g/mol. The van der Waals surface area contributed by atoms with Crippen molar-refractivity contribution in [2.45, 2.75) is 24.2 Å². The number of rotatable bonds is 11. The zero-order chi connectivity index (χ0) is 24.4. The van der Waals surface area contributed by atoms with Crippen LogP contribution in [0.4, 0.5) is 11.5 Å². The lowest BCUT2D eigenvalue weighted by Crippen LogP contribution is -2.16. The Morgan fingerprint density at radius 2 is 1.71 bits per heavy atom. The van der Waals surface area contributed by atoms with Crippen LogP contribution in [0.3, 0.4) is 0 Å². The first-order chi connectivity index (χ1) is 16.4. The second-order valence-electron chi connectivity index (χ2n) is 7.08. The molecule has 0 aliphatic rings. The largest absolute Gasteiger partial charge is 0.481 e. The van der Waals surface area contributed by atoms with Crippen LogP contribution in [0.15, 0.2) is 71.9 Å². The van der Waals surface area contributed by atoms with E-state index in [-0.39, 0.29) is 41.9 Å². The van der Waals surface area contributed by atoms with Gasteiger partial charge in [0.2, 0.25) is 11.8 Å². The van der Waals surface area contributed by atoms with E-state index in [0.717, 1.165) is 5.56 Å². The number of methoxy groups -OCH3 is 1. The highest BCUT2D eigenvalue weighted by atomic mass is 32.2. The number of benzene rings is 2. The lowest BCUT2D eigenvalue weighted by Gasteiger charge is -2.09. The molecule has 0 aliphatic carbocycles.